The van der Waals surface area contributed by atoms with Gasteiger partial charge >= 0.3 is 0 Å². The van der Waals surface area contributed by atoms with E-state index in [-0.39, 0.29) is 0 Å². The van der Waals surface area contributed by atoms with Crippen LogP contribution in [0.3, 0.4) is 0 Å². The standard InChI is InChI=1S/C45H84B2S/c1-10-33-17-15-21-36(11-2)45(37-19-13-12-14-20-37,39-22-16-18-34(39)25-33)38-24-23-35(26-38)41(42(46)27(3)4)31(8)30(7)40-29(6)28(5)32(9)44(48)43(40)47/h27-44,48H,10-26,46-47H2,1-9H3. The summed E-state index contributed by atoms with van der Waals surface area (Å²) in [6.45, 7) is 23.4. The molecule has 0 spiro atoms. The lowest BCUT2D eigenvalue weighted by Gasteiger charge is -2.57. The topological polar surface area (TPSA) is 0 Å². The van der Waals surface area contributed by atoms with Gasteiger partial charge in [-0.1, -0.05) is 138 Å². The molecule has 0 bridgehead atoms. The van der Waals surface area contributed by atoms with Gasteiger partial charge in [-0.25, -0.2) is 0 Å². The molecule has 0 amide bonds. The molecule has 5 aliphatic rings. The number of hydrogen-bond acceptors (Lipinski definition) is 1. The maximum absolute atomic E-state index is 5.30. The highest BCUT2D eigenvalue weighted by atomic mass is 32.1. The molecule has 276 valence electrons. The molecule has 5 aliphatic carbocycles. The van der Waals surface area contributed by atoms with Crippen LogP contribution in [0.4, 0.5) is 0 Å². The van der Waals surface area contributed by atoms with E-state index in [0.717, 1.165) is 94.6 Å². The molecule has 5 rings (SSSR count). The SMILES string of the molecule is BC(C(C)C)C(C1CCC(C2(C3CCCCC3)C(CC)CCCC(CC)CC3CCCC32)C1)C(C)C(C)C1C(B)C(S)C(C)C(C)C1C. The number of thiol groups is 1. The van der Waals surface area contributed by atoms with Gasteiger partial charge in [-0.3, -0.25) is 0 Å². The van der Waals surface area contributed by atoms with Crippen LogP contribution in [-0.4, -0.2) is 20.9 Å². The first-order chi connectivity index (χ1) is 22.9. The van der Waals surface area contributed by atoms with Crippen LogP contribution < -0.4 is 0 Å². The maximum atomic E-state index is 5.30. The van der Waals surface area contributed by atoms with Crippen LogP contribution in [0.1, 0.15) is 171 Å². The van der Waals surface area contributed by atoms with Crippen molar-refractivity contribution in [3.63, 3.8) is 0 Å². The first-order valence-electron chi connectivity index (χ1n) is 22.6. The maximum Gasteiger partial charge on any atom is 0.107 e. The Balaban J connectivity index is 1.50. The third-order valence-electron chi connectivity index (χ3n) is 18.6. The minimum absolute atomic E-state index is 0.545. The summed E-state index contributed by atoms with van der Waals surface area (Å²) >= 11 is 5.30. The minimum atomic E-state index is 0.545. The van der Waals surface area contributed by atoms with Crippen LogP contribution in [0.25, 0.3) is 0 Å². The molecule has 0 radical (unpaired) electrons. The molecule has 5 fully saturated rings. The van der Waals surface area contributed by atoms with Gasteiger partial charge in [-0.05, 0) is 140 Å². The molecule has 0 aromatic rings. The summed E-state index contributed by atoms with van der Waals surface area (Å²) in [7, 11) is 5.27. The van der Waals surface area contributed by atoms with Gasteiger partial charge in [0.2, 0.25) is 0 Å². The normalized spacial score (nSPS) is 45.9. The van der Waals surface area contributed by atoms with Gasteiger partial charge in [-0.15, -0.1) is 0 Å². The molecule has 48 heavy (non-hydrogen) atoms. The van der Waals surface area contributed by atoms with Crippen LogP contribution >= 0.6 is 12.6 Å². The van der Waals surface area contributed by atoms with Crippen LogP contribution in [0.5, 0.6) is 0 Å². The van der Waals surface area contributed by atoms with Crippen LogP contribution in [0.15, 0.2) is 0 Å². The molecular weight excluding hydrogens is 594 g/mol. The van der Waals surface area contributed by atoms with Crippen LogP contribution in [0, 0.1) is 94.2 Å². The van der Waals surface area contributed by atoms with E-state index in [1.807, 2.05) is 0 Å². The van der Waals surface area contributed by atoms with Crippen LogP contribution in [0.2, 0.25) is 11.6 Å². The van der Waals surface area contributed by atoms with E-state index in [1.165, 1.54) is 57.8 Å². The molecule has 17 atom stereocenters. The van der Waals surface area contributed by atoms with Crippen molar-refractivity contribution < 1.29 is 0 Å². The zero-order valence-corrected chi connectivity index (χ0v) is 35.3. The Hall–Kier alpha value is 0.480. The van der Waals surface area contributed by atoms with Gasteiger partial charge in [0, 0.05) is 5.25 Å². The van der Waals surface area contributed by atoms with Crippen molar-refractivity contribution in [2.75, 3.05) is 0 Å². The monoisotopic (exact) mass is 679 g/mol. The Labute approximate surface area is 309 Å². The molecule has 17 unspecified atom stereocenters. The molecule has 0 heterocycles. The molecule has 3 heteroatoms. The zero-order valence-electron chi connectivity index (χ0n) is 34.4. The van der Waals surface area contributed by atoms with E-state index < -0.39 is 0 Å². The third kappa shape index (κ3) is 7.47. The lowest BCUT2D eigenvalue weighted by molar-refractivity contribution is -0.0916. The predicted octanol–water partition coefficient (Wildman–Crippen LogP) is 12.2. The largest absolute Gasteiger partial charge is 0.176 e. The second kappa shape index (κ2) is 17.1. The molecule has 0 N–H and O–H groups in total. The van der Waals surface area contributed by atoms with E-state index in [0.29, 0.717) is 16.5 Å². The quantitative estimate of drug-likeness (QED) is 0.173. The van der Waals surface area contributed by atoms with E-state index in [4.69, 9.17) is 12.6 Å². The lowest BCUT2D eigenvalue weighted by atomic mass is 9.47. The van der Waals surface area contributed by atoms with Gasteiger partial charge in [0.1, 0.15) is 15.7 Å². The fraction of sp³-hybridized carbons (Fsp3) is 1.00. The van der Waals surface area contributed by atoms with Gasteiger partial charge in [0.05, 0.1) is 0 Å². The summed E-state index contributed by atoms with van der Waals surface area (Å²) in [5.41, 5.74) is 0.630. The Morgan fingerprint density at radius 2 is 1.40 bits per heavy atom. The molecule has 0 aliphatic heterocycles. The summed E-state index contributed by atoms with van der Waals surface area (Å²) in [6, 6.07) is 0. The summed E-state index contributed by atoms with van der Waals surface area (Å²) < 4.78 is 0. The van der Waals surface area contributed by atoms with Crippen molar-refractivity contribution in [1.82, 2.24) is 0 Å². The Morgan fingerprint density at radius 1 is 0.708 bits per heavy atom. The van der Waals surface area contributed by atoms with E-state index in [9.17, 15) is 0 Å². The molecule has 0 nitrogen and oxygen atoms in total. The molecular formula is C45H84B2S. The first kappa shape index (κ1) is 39.7. The molecule has 0 saturated heterocycles. The summed E-state index contributed by atoms with van der Waals surface area (Å²) in [5, 5.41) is 0.545. The predicted molar refractivity (Wildman–Crippen MR) is 222 cm³/mol. The highest BCUT2D eigenvalue weighted by molar-refractivity contribution is 7.81. The van der Waals surface area contributed by atoms with E-state index >= 15 is 0 Å². The summed E-state index contributed by atoms with van der Waals surface area (Å²) in [5.74, 6) is 14.8. The van der Waals surface area contributed by atoms with Gasteiger partial charge in [0.15, 0.2) is 0 Å². The van der Waals surface area contributed by atoms with Crippen molar-refractivity contribution in [2.24, 2.45) is 94.2 Å². The van der Waals surface area contributed by atoms with Gasteiger partial charge < -0.3 is 0 Å². The Bertz CT molecular complexity index is 960. The first-order valence-corrected chi connectivity index (χ1v) is 23.1. The molecule has 5 saturated carbocycles. The zero-order chi connectivity index (χ0) is 34.9. The van der Waals surface area contributed by atoms with Crippen molar-refractivity contribution in [2.45, 2.75) is 188 Å². The van der Waals surface area contributed by atoms with Crippen molar-refractivity contribution in [1.29, 1.82) is 0 Å². The smallest absolute Gasteiger partial charge is 0.107 e. The third-order valence-corrected chi connectivity index (χ3v) is 19.5. The van der Waals surface area contributed by atoms with Crippen LogP contribution in [-0.2, 0) is 0 Å². The number of fused-ring (bicyclic) bond motifs is 1. The fourth-order valence-corrected chi connectivity index (χ4v) is 15.9. The molecule has 0 aromatic carbocycles. The highest BCUT2D eigenvalue weighted by Gasteiger charge is 2.59. The lowest BCUT2D eigenvalue weighted by Crippen LogP contribution is -2.51. The van der Waals surface area contributed by atoms with Gasteiger partial charge in [0.25, 0.3) is 0 Å². The van der Waals surface area contributed by atoms with E-state index in [1.54, 1.807) is 51.4 Å². The number of hydrogen-bond donors (Lipinski definition) is 1. The fourth-order valence-electron chi connectivity index (χ4n) is 15.5. The highest BCUT2D eigenvalue weighted by Crippen LogP contribution is 2.67. The number of rotatable bonds is 10. The van der Waals surface area contributed by atoms with Crippen molar-refractivity contribution >= 4 is 28.3 Å². The second-order valence-electron chi connectivity index (χ2n) is 20.4. The average molecular weight is 679 g/mol. The Morgan fingerprint density at radius 3 is 2.04 bits per heavy atom. The second-order valence-corrected chi connectivity index (χ2v) is 20.9. The summed E-state index contributed by atoms with van der Waals surface area (Å²) in [4.78, 5) is 0. The van der Waals surface area contributed by atoms with E-state index in [2.05, 4.69) is 78.0 Å². The molecule has 0 aromatic heterocycles. The van der Waals surface area contributed by atoms with Gasteiger partial charge in [-0.2, -0.15) is 12.6 Å². The average Bonchev–Trinajstić information content (AvgIpc) is 3.77. The summed E-state index contributed by atoms with van der Waals surface area (Å²) in [6.07, 6.45) is 26.1. The Kier molecular flexibility index (Phi) is 14.1. The van der Waals surface area contributed by atoms with Crippen molar-refractivity contribution in [3.8, 4) is 0 Å². The van der Waals surface area contributed by atoms with Crippen molar-refractivity contribution in [3.05, 3.63) is 0 Å². The minimum Gasteiger partial charge on any atom is -0.176 e.